The summed E-state index contributed by atoms with van der Waals surface area (Å²) in [6, 6.07) is 10.1. The first-order chi connectivity index (χ1) is 15.0. The molecule has 1 atom stereocenters. The molecule has 0 fully saturated rings. The van der Waals surface area contributed by atoms with Gasteiger partial charge in [-0.05, 0) is 36.8 Å². The topological polar surface area (TPSA) is 94.6 Å². The first-order valence-electron chi connectivity index (χ1n) is 10.0. The predicted molar refractivity (Wildman–Crippen MR) is 110 cm³/mol. The van der Waals surface area contributed by atoms with Gasteiger partial charge in [-0.25, -0.2) is 9.18 Å². The highest BCUT2D eigenvalue weighted by atomic mass is 19.1. The van der Waals surface area contributed by atoms with Gasteiger partial charge in [0, 0.05) is 12.7 Å². The second-order valence-electron chi connectivity index (χ2n) is 7.30. The summed E-state index contributed by atoms with van der Waals surface area (Å²) in [6.45, 7) is 2.47. The standard InChI is InChI=1S/C22H22FN5O3/c1-2-28-17-12-27(13-18(29)25-11-16-5-3-4-10-24-16)21(30)19(17)20(26-22(28)31)14-6-8-15(23)9-7-14/h3-10,20H,2,11-13H2,1H3,(H,25,29)(H,26,31)/t20-/m1/s1. The Morgan fingerprint density at radius 1 is 1.23 bits per heavy atom. The van der Waals surface area contributed by atoms with Gasteiger partial charge in [0.2, 0.25) is 5.91 Å². The molecule has 0 radical (unpaired) electrons. The molecule has 2 aromatic rings. The Kier molecular flexibility index (Phi) is 5.66. The Balaban J connectivity index is 1.51. The molecule has 2 aliphatic rings. The van der Waals surface area contributed by atoms with E-state index in [9.17, 15) is 18.8 Å². The molecule has 8 nitrogen and oxygen atoms in total. The second-order valence-corrected chi connectivity index (χ2v) is 7.30. The number of halogens is 1. The third-order valence-corrected chi connectivity index (χ3v) is 5.34. The smallest absolute Gasteiger partial charge is 0.322 e. The van der Waals surface area contributed by atoms with Crippen molar-refractivity contribution in [3.8, 4) is 0 Å². The van der Waals surface area contributed by atoms with Crippen LogP contribution in [0.4, 0.5) is 9.18 Å². The summed E-state index contributed by atoms with van der Waals surface area (Å²) in [5.41, 5.74) is 2.30. The highest BCUT2D eigenvalue weighted by Crippen LogP contribution is 2.36. The Morgan fingerprint density at radius 2 is 2.00 bits per heavy atom. The van der Waals surface area contributed by atoms with Gasteiger partial charge >= 0.3 is 6.03 Å². The number of pyridine rings is 1. The fourth-order valence-corrected chi connectivity index (χ4v) is 3.84. The van der Waals surface area contributed by atoms with E-state index in [4.69, 9.17) is 0 Å². The number of nitrogens with zero attached hydrogens (tertiary/aromatic N) is 3. The van der Waals surface area contributed by atoms with Crippen molar-refractivity contribution < 1.29 is 18.8 Å². The highest BCUT2D eigenvalue weighted by molar-refractivity contribution is 6.03. The van der Waals surface area contributed by atoms with E-state index >= 15 is 0 Å². The minimum Gasteiger partial charge on any atom is -0.349 e. The third-order valence-electron chi connectivity index (χ3n) is 5.34. The summed E-state index contributed by atoms with van der Waals surface area (Å²) in [4.78, 5) is 45.3. The summed E-state index contributed by atoms with van der Waals surface area (Å²) in [5.74, 6) is -1.05. The zero-order chi connectivity index (χ0) is 22.0. The van der Waals surface area contributed by atoms with Crippen LogP contribution >= 0.6 is 0 Å². The molecule has 0 saturated carbocycles. The van der Waals surface area contributed by atoms with E-state index in [-0.39, 0.29) is 37.5 Å². The normalized spacial score (nSPS) is 18.2. The van der Waals surface area contributed by atoms with Crippen LogP contribution in [0.3, 0.4) is 0 Å². The van der Waals surface area contributed by atoms with E-state index in [1.165, 1.54) is 21.9 Å². The van der Waals surface area contributed by atoms with Crippen molar-refractivity contribution in [3.63, 3.8) is 0 Å². The Morgan fingerprint density at radius 3 is 2.68 bits per heavy atom. The van der Waals surface area contributed by atoms with Crippen LogP contribution in [0.1, 0.15) is 24.2 Å². The molecule has 160 valence electrons. The molecule has 0 unspecified atom stereocenters. The maximum atomic E-state index is 13.4. The fourth-order valence-electron chi connectivity index (χ4n) is 3.84. The molecule has 0 saturated heterocycles. The van der Waals surface area contributed by atoms with Gasteiger partial charge in [-0.1, -0.05) is 18.2 Å². The average molecular weight is 423 g/mol. The van der Waals surface area contributed by atoms with Gasteiger partial charge in [-0.2, -0.15) is 0 Å². The van der Waals surface area contributed by atoms with Gasteiger partial charge < -0.3 is 15.5 Å². The van der Waals surface area contributed by atoms with E-state index in [2.05, 4.69) is 15.6 Å². The van der Waals surface area contributed by atoms with Crippen molar-refractivity contribution in [1.29, 1.82) is 0 Å². The molecule has 4 rings (SSSR count). The van der Waals surface area contributed by atoms with Crippen LogP contribution in [-0.4, -0.2) is 52.3 Å². The lowest BCUT2D eigenvalue weighted by molar-refractivity contribution is -0.132. The van der Waals surface area contributed by atoms with Crippen LogP contribution < -0.4 is 10.6 Å². The Labute approximate surface area is 178 Å². The molecule has 0 bridgehead atoms. The van der Waals surface area contributed by atoms with Crippen LogP contribution in [0, 0.1) is 5.82 Å². The summed E-state index contributed by atoms with van der Waals surface area (Å²) in [6.07, 6.45) is 1.64. The number of aromatic nitrogens is 1. The first-order valence-corrected chi connectivity index (χ1v) is 10.0. The predicted octanol–water partition coefficient (Wildman–Crippen LogP) is 1.72. The van der Waals surface area contributed by atoms with Crippen molar-refractivity contribution >= 4 is 17.8 Å². The van der Waals surface area contributed by atoms with Gasteiger partial charge in [-0.3, -0.25) is 19.5 Å². The van der Waals surface area contributed by atoms with Gasteiger partial charge in [0.15, 0.2) is 0 Å². The zero-order valence-corrected chi connectivity index (χ0v) is 17.0. The van der Waals surface area contributed by atoms with Crippen LogP contribution in [-0.2, 0) is 16.1 Å². The number of urea groups is 1. The molecule has 9 heteroatoms. The minimum atomic E-state index is -0.694. The molecule has 1 aromatic carbocycles. The van der Waals surface area contributed by atoms with Crippen LogP contribution in [0.5, 0.6) is 0 Å². The van der Waals surface area contributed by atoms with Gasteiger partial charge in [0.25, 0.3) is 5.91 Å². The Bertz CT molecular complexity index is 1040. The molecule has 1 aromatic heterocycles. The molecule has 0 spiro atoms. The molecule has 4 amide bonds. The number of benzene rings is 1. The van der Waals surface area contributed by atoms with Gasteiger partial charge in [-0.15, -0.1) is 0 Å². The number of likely N-dealkylation sites (N-methyl/N-ethyl adjacent to an activating group) is 1. The van der Waals surface area contributed by atoms with Crippen LogP contribution in [0.2, 0.25) is 0 Å². The van der Waals surface area contributed by atoms with E-state index < -0.39 is 11.9 Å². The minimum absolute atomic E-state index is 0.138. The maximum absolute atomic E-state index is 13.4. The lowest BCUT2D eigenvalue weighted by Gasteiger charge is -2.32. The number of carbonyl (C=O) groups is 3. The van der Waals surface area contributed by atoms with Crippen molar-refractivity contribution in [1.82, 2.24) is 25.4 Å². The molecule has 2 N–H and O–H groups in total. The third kappa shape index (κ3) is 4.11. The lowest BCUT2D eigenvalue weighted by atomic mass is 9.95. The second kappa shape index (κ2) is 8.55. The van der Waals surface area contributed by atoms with E-state index in [0.717, 1.165) is 0 Å². The zero-order valence-electron chi connectivity index (χ0n) is 17.0. The van der Waals surface area contributed by atoms with Gasteiger partial charge in [0.05, 0.1) is 36.1 Å². The molecular weight excluding hydrogens is 401 g/mol. The molecule has 2 aliphatic heterocycles. The number of carbonyl (C=O) groups excluding carboxylic acids is 3. The van der Waals surface area contributed by atoms with E-state index in [1.807, 2.05) is 13.0 Å². The number of hydrogen-bond acceptors (Lipinski definition) is 4. The van der Waals surface area contributed by atoms with Gasteiger partial charge in [0.1, 0.15) is 12.4 Å². The maximum Gasteiger partial charge on any atom is 0.322 e. The quantitative estimate of drug-likeness (QED) is 0.740. The number of rotatable bonds is 6. The summed E-state index contributed by atoms with van der Waals surface area (Å²) in [5, 5.41) is 5.59. The molecule has 3 heterocycles. The van der Waals surface area contributed by atoms with Crippen molar-refractivity contribution in [2.24, 2.45) is 0 Å². The van der Waals surface area contributed by atoms with Crippen molar-refractivity contribution in [2.45, 2.75) is 19.5 Å². The summed E-state index contributed by atoms with van der Waals surface area (Å²) >= 11 is 0. The average Bonchev–Trinajstić information content (AvgIpc) is 3.09. The van der Waals surface area contributed by atoms with Crippen molar-refractivity contribution in [3.05, 3.63) is 77.0 Å². The molecule has 0 aliphatic carbocycles. The lowest BCUT2D eigenvalue weighted by Crippen LogP contribution is -2.47. The summed E-state index contributed by atoms with van der Waals surface area (Å²) < 4.78 is 13.4. The first kappa shape index (κ1) is 20.5. The monoisotopic (exact) mass is 423 g/mol. The molecule has 31 heavy (non-hydrogen) atoms. The largest absolute Gasteiger partial charge is 0.349 e. The van der Waals surface area contributed by atoms with Crippen molar-refractivity contribution in [2.75, 3.05) is 19.6 Å². The Hall–Kier alpha value is -3.75. The van der Waals surface area contributed by atoms with Crippen LogP contribution in [0.15, 0.2) is 59.9 Å². The number of hydrogen-bond donors (Lipinski definition) is 2. The molecular formula is C22H22FN5O3. The number of nitrogens with one attached hydrogen (secondary N) is 2. The number of amides is 4. The van der Waals surface area contributed by atoms with E-state index in [0.29, 0.717) is 29.1 Å². The van der Waals surface area contributed by atoms with Crippen LogP contribution in [0.25, 0.3) is 0 Å². The SMILES string of the molecule is CCN1C(=O)N[C@H](c2ccc(F)cc2)C2=C1CN(CC(=O)NCc1ccccn1)C2=O. The van der Waals surface area contributed by atoms with E-state index in [1.54, 1.807) is 30.5 Å². The highest BCUT2D eigenvalue weighted by Gasteiger charge is 2.43. The fraction of sp³-hybridized carbons (Fsp3) is 0.273. The summed E-state index contributed by atoms with van der Waals surface area (Å²) in [7, 11) is 0.